The highest BCUT2D eigenvalue weighted by Gasteiger charge is 2.78. The highest BCUT2D eigenvalue weighted by molar-refractivity contribution is 5.94. The third-order valence-corrected chi connectivity index (χ3v) is 12.2. The summed E-state index contributed by atoms with van der Waals surface area (Å²) in [5.41, 5.74) is -6.32. The van der Waals surface area contributed by atoms with Crippen molar-refractivity contribution in [3.63, 3.8) is 0 Å². The molecule has 1 unspecified atom stereocenters. The fourth-order valence-corrected chi connectivity index (χ4v) is 9.13. The smallest absolute Gasteiger partial charge is 0.338 e. The summed E-state index contributed by atoms with van der Waals surface area (Å²) in [7, 11) is 0. The van der Waals surface area contributed by atoms with Gasteiger partial charge in [-0.1, -0.05) is 69.3 Å². The van der Waals surface area contributed by atoms with Crippen LogP contribution in [0.1, 0.15) is 76.2 Å². The molecule has 12 nitrogen and oxygen atoms in total. The first kappa shape index (κ1) is 36.8. The highest BCUT2D eigenvalue weighted by Crippen LogP contribution is 2.64. The predicted molar refractivity (Wildman–Crippen MR) is 180 cm³/mol. The number of esters is 3. The summed E-state index contributed by atoms with van der Waals surface area (Å²) in [6, 6.07) is 16.9. The van der Waals surface area contributed by atoms with Crippen LogP contribution < -0.4 is 0 Å². The molecule has 6 rings (SSSR count). The number of hydrogen-bond donors (Lipinski definition) is 4. The normalized spacial score (nSPS) is 36.5. The van der Waals surface area contributed by atoms with E-state index in [2.05, 4.69) is 0 Å². The largest absolute Gasteiger partial charge is 0.456 e. The topological polar surface area (TPSA) is 186 Å². The molecule has 1 aliphatic heterocycles. The Hall–Kier alpha value is -3.94. The zero-order valence-electron chi connectivity index (χ0n) is 29.6. The van der Waals surface area contributed by atoms with E-state index in [1.807, 2.05) is 0 Å². The highest BCUT2D eigenvalue weighted by atomic mass is 16.6. The van der Waals surface area contributed by atoms with Crippen LogP contribution in [0.15, 0.2) is 71.8 Å². The first-order valence-electron chi connectivity index (χ1n) is 17.3. The van der Waals surface area contributed by atoms with Gasteiger partial charge in [0.1, 0.15) is 30.0 Å². The van der Waals surface area contributed by atoms with Gasteiger partial charge >= 0.3 is 17.9 Å². The zero-order valence-corrected chi connectivity index (χ0v) is 29.6. The Morgan fingerprint density at radius 2 is 1.57 bits per heavy atom. The zero-order chi connectivity index (χ0) is 37.3. The van der Waals surface area contributed by atoms with Gasteiger partial charge in [-0.15, -0.1) is 0 Å². The Kier molecular flexibility index (Phi) is 9.34. The van der Waals surface area contributed by atoms with Crippen LogP contribution in [0.5, 0.6) is 0 Å². The van der Waals surface area contributed by atoms with Crippen molar-refractivity contribution in [2.75, 3.05) is 6.61 Å². The quantitative estimate of drug-likeness (QED) is 0.188. The summed E-state index contributed by atoms with van der Waals surface area (Å²) in [5.74, 6) is -5.58. The van der Waals surface area contributed by atoms with E-state index in [0.29, 0.717) is 5.56 Å². The van der Waals surface area contributed by atoms with Crippen LogP contribution in [-0.4, -0.2) is 98.6 Å². The van der Waals surface area contributed by atoms with Gasteiger partial charge in [-0.2, -0.15) is 0 Å². The standard InChI is InChI=1S/C39H46O12/c1-20(23-13-9-7-10-14-23)29(42)35(46)49-25-18-39(47)33(50-34(45)24-15-11-8-12-16-24)31-37(6,32(44)30(43)28(21(25)2)36(39,4)5)26(41)17-27-38(31,19-48-27)51-22(3)40/h7-16,20,25-27,29-31,33,41-43,47H,17-19H2,1-6H3/t20-,25-,26-,27+,29+,30+,31?,33-,37+,38-,39+/m0/s1. The summed E-state index contributed by atoms with van der Waals surface area (Å²) in [6.07, 6.45) is -9.53. The molecule has 0 amide bonds. The molecule has 12 heteroatoms. The van der Waals surface area contributed by atoms with Gasteiger partial charge in [-0.3, -0.25) is 9.59 Å². The Bertz CT molecular complexity index is 1740. The molecule has 274 valence electrons. The average molecular weight is 707 g/mol. The van der Waals surface area contributed by atoms with Crippen molar-refractivity contribution >= 4 is 23.7 Å². The lowest BCUT2D eigenvalue weighted by molar-refractivity contribution is -0.346. The lowest BCUT2D eigenvalue weighted by Crippen LogP contribution is -2.81. The van der Waals surface area contributed by atoms with Crippen LogP contribution in [0.4, 0.5) is 0 Å². The Labute approximate surface area is 296 Å². The van der Waals surface area contributed by atoms with Crippen molar-refractivity contribution in [3.05, 3.63) is 82.9 Å². The maximum absolute atomic E-state index is 14.8. The number of ketones is 1. The van der Waals surface area contributed by atoms with E-state index in [9.17, 15) is 39.6 Å². The maximum atomic E-state index is 14.8. The summed E-state index contributed by atoms with van der Waals surface area (Å²) in [5, 5.41) is 48.2. The lowest BCUT2D eigenvalue weighted by Gasteiger charge is -2.67. The lowest BCUT2D eigenvalue weighted by atomic mass is 9.44. The summed E-state index contributed by atoms with van der Waals surface area (Å²) in [4.78, 5) is 55.1. The molecule has 0 radical (unpaired) electrons. The summed E-state index contributed by atoms with van der Waals surface area (Å²) in [6.45, 7) is 8.76. The summed E-state index contributed by atoms with van der Waals surface area (Å²) < 4.78 is 24.0. The van der Waals surface area contributed by atoms with E-state index in [4.69, 9.17) is 18.9 Å². The van der Waals surface area contributed by atoms with Gasteiger partial charge in [0.2, 0.25) is 0 Å². The second kappa shape index (κ2) is 12.9. The monoisotopic (exact) mass is 706 g/mol. The number of carbonyl (C=O) groups excluding carboxylic acids is 4. The van der Waals surface area contributed by atoms with Gasteiger partial charge in [-0.25, -0.2) is 9.59 Å². The number of aliphatic hydroxyl groups excluding tert-OH is 3. The molecule has 2 bridgehead atoms. The second-order valence-corrected chi connectivity index (χ2v) is 15.2. The van der Waals surface area contributed by atoms with Crippen LogP contribution in [0.2, 0.25) is 0 Å². The molecule has 3 fully saturated rings. The number of ether oxygens (including phenoxy) is 4. The van der Waals surface area contributed by atoms with Crippen LogP contribution in [0.3, 0.4) is 0 Å². The minimum Gasteiger partial charge on any atom is -0.456 e. The number of aliphatic hydroxyl groups is 4. The number of carbonyl (C=O) groups is 4. The van der Waals surface area contributed by atoms with E-state index in [1.54, 1.807) is 76.2 Å². The van der Waals surface area contributed by atoms with Gasteiger partial charge in [0, 0.05) is 31.1 Å². The Balaban J connectivity index is 1.53. The SMILES string of the molecule is CC(=O)O[C@@]12CO[C@@H]1C[C@H](O)[C@@]1(C)C(=O)[C@H](O)C3=C(C)[C@@H](OC(=O)[C@H](O)[C@@H](C)c4ccccc4)C[C@@](O)([C@@H](OC(=O)c4ccccc4)C12)C3(C)C. The van der Waals surface area contributed by atoms with Gasteiger partial charge in [0.05, 0.1) is 29.6 Å². The minimum absolute atomic E-state index is 0.0193. The molecule has 2 aromatic rings. The molecule has 2 saturated carbocycles. The van der Waals surface area contributed by atoms with E-state index in [1.165, 1.54) is 26.0 Å². The number of fused-ring (bicyclic) bond motifs is 5. The molecule has 3 aliphatic carbocycles. The molecule has 4 aliphatic rings. The van der Waals surface area contributed by atoms with Crippen molar-refractivity contribution in [1.29, 1.82) is 0 Å². The first-order chi connectivity index (χ1) is 23.9. The van der Waals surface area contributed by atoms with Gasteiger partial charge < -0.3 is 39.4 Å². The van der Waals surface area contributed by atoms with E-state index in [-0.39, 0.29) is 29.7 Å². The van der Waals surface area contributed by atoms with Gasteiger partial charge in [0.15, 0.2) is 17.5 Å². The van der Waals surface area contributed by atoms with E-state index < -0.39 is 101 Å². The number of benzene rings is 2. The van der Waals surface area contributed by atoms with E-state index in [0.717, 1.165) is 0 Å². The molecule has 51 heavy (non-hydrogen) atoms. The fraction of sp³-hybridized carbons (Fsp3) is 0.538. The number of hydrogen-bond acceptors (Lipinski definition) is 12. The average Bonchev–Trinajstić information content (AvgIpc) is 3.09. The molecular formula is C39H46O12. The van der Waals surface area contributed by atoms with Crippen LogP contribution in [-0.2, 0) is 33.3 Å². The van der Waals surface area contributed by atoms with Gasteiger partial charge in [-0.05, 0) is 42.7 Å². The molecule has 11 atom stereocenters. The number of Topliss-reactive ketones (excluding diaryl/α,β-unsaturated/α-hetero) is 1. The van der Waals surface area contributed by atoms with Crippen LogP contribution in [0, 0.1) is 16.7 Å². The van der Waals surface area contributed by atoms with Crippen LogP contribution >= 0.6 is 0 Å². The fourth-order valence-electron chi connectivity index (χ4n) is 9.13. The Morgan fingerprint density at radius 3 is 2.14 bits per heavy atom. The molecular weight excluding hydrogens is 660 g/mol. The van der Waals surface area contributed by atoms with Crippen molar-refractivity contribution in [2.45, 2.75) is 108 Å². The Morgan fingerprint density at radius 1 is 0.961 bits per heavy atom. The minimum atomic E-state index is -2.24. The molecule has 0 aromatic heterocycles. The molecule has 4 N–H and O–H groups in total. The molecule has 0 spiro atoms. The summed E-state index contributed by atoms with van der Waals surface area (Å²) >= 11 is 0. The van der Waals surface area contributed by atoms with Crippen molar-refractivity contribution in [3.8, 4) is 0 Å². The maximum Gasteiger partial charge on any atom is 0.338 e. The predicted octanol–water partition coefficient (Wildman–Crippen LogP) is 2.80. The van der Waals surface area contributed by atoms with Crippen molar-refractivity contribution < 1.29 is 58.6 Å². The first-order valence-corrected chi connectivity index (χ1v) is 17.3. The van der Waals surface area contributed by atoms with Crippen molar-refractivity contribution in [1.82, 2.24) is 0 Å². The third-order valence-electron chi connectivity index (χ3n) is 12.2. The molecule has 1 heterocycles. The molecule has 1 saturated heterocycles. The van der Waals surface area contributed by atoms with E-state index >= 15 is 0 Å². The molecule has 2 aromatic carbocycles. The number of rotatable bonds is 7. The third kappa shape index (κ3) is 5.54. The van der Waals surface area contributed by atoms with Crippen molar-refractivity contribution in [2.24, 2.45) is 16.7 Å². The second-order valence-electron chi connectivity index (χ2n) is 15.2. The van der Waals surface area contributed by atoms with Gasteiger partial charge in [0.25, 0.3) is 0 Å². The van der Waals surface area contributed by atoms with Crippen LogP contribution in [0.25, 0.3) is 0 Å².